The second-order valence-electron chi connectivity index (χ2n) is 3.42. The first kappa shape index (κ1) is 10.3. The van der Waals surface area contributed by atoms with E-state index in [-0.39, 0.29) is 11.6 Å². The molecule has 2 aromatic rings. The Morgan fingerprint density at radius 3 is 2.94 bits per heavy atom. The lowest BCUT2D eigenvalue weighted by Gasteiger charge is -2.02. The van der Waals surface area contributed by atoms with Crippen LogP contribution >= 0.6 is 0 Å². The van der Waals surface area contributed by atoms with Crippen LogP contribution in [0, 0.1) is 6.92 Å². The number of amides is 1. The SMILES string of the molecule is Cc1c(CNC(=O)c2cn[nH]n2)cnn1C. The summed E-state index contributed by atoms with van der Waals surface area (Å²) < 4.78 is 1.76. The predicted molar refractivity (Wildman–Crippen MR) is 55.5 cm³/mol. The van der Waals surface area contributed by atoms with Gasteiger partial charge in [0.25, 0.3) is 5.91 Å². The molecule has 0 aromatic carbocycles. The molecule has 0 fully saturated rings. The molecule has 0 spiro atoms. The Morgan fingerprint density at radius 2 is 2.38 bits per heavy atom. The van der Waals surface area contributed by atoms with E-state index in [2.05, 4.69) is 25.8 Å². The van der Waals surface area contributed by atoms with E-state index in [0.29, 0.717) is 6.54 Å². The van der Waals surface area contributed by atoms with Gasteiger partial charge < -0.3 is 5.32 Å². The van der Waals surface area contributed by atoms with Gasteiger partial charge >= 0.3 is 0 Å². The average Bonchev–Trinajstić information content (AvgIpc) is 2.89. The van der Waals surface area contributed by atoms with E-state index >= 15 is 0 Å². The molecule has 16 heavy (non-hydrogen) atoms. The highest BCUT2D eigenvalue weighted by molar-refractivity contribution is 5.91. The van der Waals surface area contributed by atoms with Gasteiger partial charge in [0.05, 0.1) is 12.4 Å². The van der Waals surface area contributed by atoms with E-state index < -0.39 is 0 Å². The molecule has 2 heterocycles. The summed E-state index contributed by atoms with van der Waals surface area (Å²) in [7, 11) is 1.86. The van der Waals surface area contributed by atoms with Crippen molar-refractivity contribution in [3.63, 3.8) is 0 Å². The number of hydrogen-bond donors (Lipinski definition) is 2. The van der Waals surface area contributed by atoms with Crippen molar-refractivity contribution < 1.29 is 4.79 Å². The predicted octanol–water partition coefficient (Wildman–Crippen LogP) is -0.223. The lowest BCUT2D eigenvalue weighted by atomic mass is 10.2. The van der Waals surface area contributed by atoms with Gasteiger partial charge in [-0.1, -0.05) is 0 Å². The molecule has 0 radical (unpaired) electrons. The third kappa shape index (κ3) is 1.92. The van der Waals surface area contributed by atoms with Crippen molar-refractivity contribution in [1.29, 1.82) is 0 Å². The average molecular weight is 220 g/mol. The second kappa shape index (κ2) is 4.13. The molecular weight excluding hydrogens is 208 g/mol. The quantitative estimate of drug-likeness (QED) is 0.748. The summed E-state index contributed by atoms with van der Waals surface area (Å²) in [5.74, 6) is -0.253. The number of H-pyrrole nitrogens is 1. The zero-order chi connectivity index (χ0) is 11.5. The summed E-state index contributed by atoms with van der Waals surface area (Å²) in [4.78, 5) is 11.5. The van der Waals surface area contributed by atoms with E-state index in [9.17, 15) is 4.79 Å². The van der Waals surface area contributed by atoms with Gasteiger partial charge in [-0.25, -0.2) is 0 Å². The van der Waals surface area contributed by atoms with Crippen molar-refractivity contribution >= 4 is 5.91 Å². The Bertz CT molecular complexity index is 486. The Kier molecular flexibility index (Phi) is 2.67. The van der Waals surface area contributed by atoms with Crippen molar-refractivity contribution in [2.24, 2.45) is 7.05 Å². The number of aryl methyl sites for hydroxylation is 1. The second-order valence-corrected chi connectivity index (χ2v) is 3.42. The first-order valence-corrected chi connectivity index (χ1v) is 4.80. The van der Waals surface area contributed by atoms with Crippen LogP contribution in [-0.2, 0) is 13.6 Å². The fourth-order valence-electron chi connectivity index (χ4n) is 1.29. The molecular formula is C9H12N6O. The Labute approximate surface area is 91.9 Å². The molecule has 84 valence electrons. The minimum atomic E-state index is -0.253. The van der Waals surface area contributed by atoms with Crippen LogP contribution in [0.4, 0.5) is 0 Å². The first-order valence-electron chi connectivity index (χ1n) is 4.80. The van der Waals surface area contributed by atoms with Gasteiger partial charge in [-0.05, 0) is 6.92 Å². The van der Waals surface area contributed by atoms with Crippen LogP contribution in [0.3, 0.4) is 0 Å². The van der Waals surface area contributed by atoms with E-state index in [1.807, 2.05) is 14.0 Å². The molecule has 0 saturated carbocycles. The van der Waals surface area contributed by atoms with Crippen LogP contribution in [0.5, 0.6) is 0 Å². The van der Waals surface area contributed by atoms with Crippen molar-refractivity contribution in [3.8, 4) is 0 Å². The van der Waals surface area contributed by atoms with Gasteiger partial charge in [-0.2, -0.15) is 20.5 Å². The molecule has 7 heteroatoms. The van der Waals surface area contributed by atoms with Crippen LogP contribution in [0.1, 0.15) is 21.7 Å². The molecule has 0 aliphatic rings. The highest BCUT2D eigenvalue weighted by Crippen LogP contribution is 2.04. The fourth-order valence-corrected chi connectivity index (χ4v) is 1.29. The summed E-state index contributed by atoms with van der Waals surface area (Å²) in [5, 5.41) is 16.5. The van der Waals surface area contributed by atoms with Gasteiger partial charge in [-0.15, -0.1) is 0 Å². The van der Waals surface area contributed by atoms with Crippen molar-refractivity contribution in [3.05, 3.63) is 29.3 Å². The first-order chi connectivity index (χ1) is 7.68. The normalized spacial score (nSPS) is 10.4. The maximum Gasteiger partial charge on any atom is 0.273 e. The number of aromatic nitrogens is 5. The van der Waals surface area contributed by atoms with E-state index in [1.165, 1.54) is 6.20 Å². The number of nitrogens with one attached hydrogen (secondary N) is 2. The van der Waals surface area contributed by atoms with Crippen LogP contribution < -0.4 is 5.32 Å². The lowest BCUT2D eigenvalue weighted by molar-refractivity contribution is 0.0946. The minimum absolute atomic E-state index is 0.253. The van der Waals surface area contributed by atoms with E-state index in [4.69, 9.17) is 0 Å². The van der Waals surface area contributed by atoms with Crippen LogP contribution in [0.25, 0.3) is 0 Å². The van der Waals surface area contributed by atoms with E-state index in [0.717, 1.165) is 11.3 Å². The van der Waals surface area contributed by atoms with Crippen molar-refractivity contribution in [2.45, 2.75) is 13.5 Å². The molecule has 7 nitrogen and oxygen atoms in total. The molecule has 1 amide bonds. The van der Waals surface area contributed by atoms with Crippen molar-refractivity contribution in [1.82, 2.24) is 30.5 Å². The smallest absolute Gasteiger partial charge is 0.273 e. The van der Waals surface area contributed by atoms with Gasteiger partial charge in [0.1, 0.15) is 0 Å². The third-order valence-electron chi connectivity index (χ3n) is 2.42. The number of aromatic amines is 1. The topological polar surface area (TPSA) is 88.5 Å². The summed E-state index contributed by atoms with van der Waals surface area (Å²) in [5.41, 5.74) is 2.29. The summed E-state index contributed by atoms with van der Waals surface area (Å²) in [6.45, 7) is 2.38. The molecule has 0 saturated heterocycles. The Morgan fingerprint density at radius 1 is 1.56 bits per heavy atom. The molecule has 0 bridgehead atoms. The monoisotopic (exact) mass is 220 g/mol. The van der Waals surface area contributed by atoms with Gasteiger partial charge in [0, 0.05) is 24.8 Å². The third-order valence-corrected chi connectivity index (χ3v) is 2.42. The molecule has 0 unspecified atom stereocenters. The van der Waals surface area contributed by atoms with Crippen LogP contribution in [0.2, 0.25) is 0 Å². The summed E-state index contributed by atoms with van der Waals surface area (Å²) >= 11 is 0. The van der Waals surface area contributed by atoms with Gasteiger partial charge in [0.15, 0.2) is 5.69 Å². The number of nitrogens with zero attached hydrogens (tertiary/aromatic N) is 4. The number of hydrogen-bond acceptors (Lipinski definition) is 4. The maximum atomic E-state index is 11.5. The highest BCUT2D eigenvalue weighted by Gasteiger charge is 2.09. The fraction of sp³-hybridized carbons (Fsp3) is 0.333. The lowest BCUT2D eigenvalue weighted by Crippen LogP contribution is -2.23. The number of rotatable bonds is 3. The van der Waals surface area contributed by atoms with Gasteiger partial charge in [0.2, 0.25) is 0 Å². The number of carbonyl (C=O) groups excluding carboxylic acids is 1. The molecule has 2 rings (SSSR count). The van der Waals surface area contributed by atoms with Gasteiger partial charge in [-0.3, -0.25) is 9.48 Å². The minimum Gasteiger partial charge on any atom is -0.346 e. The highest BCUT2D eigenvalue weighted by atomic mass is 16.1. The Balaban J connectivity index is 1.98. The number of carbonyl (C=O) groups is 1. The largest absolute Gasteiger partial charge is 0.346 e. The zero-order valence-electron chi connectivity index (χ0n) is 9.06. The standard InChI is InChI=1S/C9H12N6O/c1-6-7(4-12-15(6)2)3-10-9(16)8-5-11-14-13-8/h4-5H,3H2,1-2H3,(H,10,16)(H,11,13,14). The molecule has 0 atom stereocenters. The summed E-state index contributed by atoms with van der Waals surface area (Å²) in [6.07, 6.45) is 3.11. The molecule has 0 aliphatic carbocycles. The van der Waals surface area contributed by atoms with Crippen molar-refractivity contribution in [2.75, 3.05) is 0 Å². The van der Waals surface area contributed by atoms with Crippen LogP contribution in [0.15, 0.2) is 12.4 Å². The molecule has 2 N–H and O–H groups in total. The molecule has 2 aromatic heterocycles. The maximum absolute atomic E-state index is 11.5. The van der Waals surface area contributed by atoms with E-state index in [1.54, 1.807) is 10.9 Å². The summed E-state index contributed by atoms with van der Waals surface area (Å²) in [6, 6.07) is 0. The molecule has 0 aliphatic heterocycles. The van der Waals surface area contributed by atoms with Crippen LogP contribution in [-0.4, -0.2) is 31.1 Å². The zero-order valence-corrected chi connectivity index (χ0v) is 9.06. The Hall–Kier alpha value is -2.18.